The fourth-order valence-corrected chi connectivity index (χ4v) is 1.85. The van der Waals surface area contributed by atoms with Crippen LogP contribution in [0.15, 0.2) is 42.9 Å². The summed E-state index contributed by atoms with van der Waals surface area (Å²) in [5.74, 6) is -0.261. The van der Waals surface area contributed by atoms with Gasteiger partial charge in [-0.1, -0.05) is 0 Å². The number of hydrogen-bond donors (Lipinski definition) is 3. The maximum atomic E-state index is 12.0. The third kappa shape index (κ3) is 2.11. The van der Waals surface area contributed by atoms with Crippen molar-refractivity contribution < 1.29 is 4.79 Å². The Morgan fingerprint density at radius 3 is 2.89 bits per heavy atom. The van der Waals surface area contributed by atoms with Gasteiger partial charge in [0.05, 0.1) is 0 Å². The lowest BCUT2D eigenvalue weighted by Gasteiger charge is -2.06. The fourth-order valence-electron chi connectivity index (χ4n) is 1.85. The quantitative estimate of drug-likeness (QED) is 0.648. The third-order valence-electron chi connectivity index (χ3n) is 2.75. The zero-order valence-corrected chi connectivity index (χ0v) is 9.92. The Morgan fingerprint density at radius 1 is 1.21 bits per heavy atom. The molecule has 94 valence electrons. The Hall–Kier alpha value is -2.89. The summed E-state index contributed by atoms with van der Waals surface area (Å²) in [6.07, 6.45) is 4.72. The molecular formula is C13H11N5O. The Morgan fingerprint density at radius 2 is 2.05 bits per heavy atom. The molecule has 6 heteroatoms. The van der Waals surface area contributed by atoms with Crippen LogP contribution in [0.5, 0.6) is 0 Å². The molecule has 6 nitrogen and oxygen atoms in total. The van der Waals surface area contributed by atoms with Crippen molar-refractivity contribution in [3.8, 4) is 0 Å². The lowest BCUT2D eigenvalue weighted by Crippen LogP contribution is -2.16. The molecule has 3 aromatic rings. The standard InChI is InChI=1S/C13H11N5O/c14-12-11(16-5-6-17-12)13(19)18-9-1-2-10-8(7-9)3-4-15-10/h1-7,15H,(H2,14,17)(H,18,19). The van der Waals surface area contributed by atoms with Crippen LogP contribution in [0, 0.1) is 0 Å². The highest BCUT2D eigenvalue weighted by Crippen LogP contribution is 2.18. The predicted octanol–water partition coefficient (Wildman–Crippen LogP) is 1.79. The number of nitrogens with two attached hydrogens (primary N) is 1. The van der Waals surface area contributed by atoms with E-state index in [0.717, 1.165) is 10.9 Å². The van der Waals surface area contributed by atoms with Crippen molar-refractivity contribution in [2.45, 2.75) is 0 Å². The van der Waals surface area contributed by atoms with Crippen LogP contribution >= 0.6 is 0 Å². The summed E-state index contributed by atoms with van der Waals surface area (Å²) in [5.41, 5.74) is 7.43. The molecule has 0 saturated carbocycles. The van der Waals surface area contributed by atoms with E-state index in [2.05, 4.69) is 20.3 Å². The monoisotopic (exact) mass is 253 g/mol. The number of nitrogens with one attached hydrogen (secondary N) is 2. The number of carbonyl (C=O) groups is 1. The minimum Gasteiger partial charge on any atom is -0.382 e. The number of fused-ring (bicyclic) bond motifs is 1. The SMILES string of the molecule is Nc1nccnc1C(=O)Nc1ccc2[nH]ccc2c1. The van der Waals surface area contributed by atoms with Crippen LogP contribution in [-0.4, -0.2) is 20.9 Å². The number of aromatic nitrogens is 3. The van der Waals surface area contributed by atoms with Crippen molar-refractivity contribution in [2.24, 2.45) is 0 Å². The number of nitrogen functional groups attached to an aromatic ring is 1. The highest BCUT2D eigenvalue weighted by molar-refractivity contribution is 6.06. The summed E-state index contributed by atoms with van der Waals surface area (Å²) in [7, 11) is 0. The van der Waals surface area contributed by atoms with Crippen LogP contribution in [0.25, 0.3) is 10.9 Å². The fraction of sp³-hybridized carbons (Fsp3) is 0. The highest BCUT2D eigenvalue weighted by atomic mass is 16.1. The zero-order chi connectivity index (χ0) is 13.2. The van der Waals surface area contributed by atoms with Crippen molar-refractivity contribution in [3.05, 3.63) is 48.5 Å². The first-order valence-corrected chi connectivity index (χ1v) is 5.69. The summed E-state index contributed by atoms with van der Waals surface area (Å²) in [6, 6.07) is 7.51. The van der Waals surface area contributed by atoms with E-state index in [4.69, 9.17) is 5.73 Å². The van der Waals surface area contributed by atoms with Crippen LogP contribution in [0.3, 0.4) is 0 Å². The van der Waals surface area contributed by atoms with Gasteiger partial charge in [0, 0.05) is 35.2 Å². The van der Waals surface area contributed by atoms with Crippen molar-refractivity contribution >= 4 is 28.3 Å². The topological polar surface area (TPSA) is 96.7 Å². The average molecular weight is 253 g/mol. The molecule has 0 atom stereocenters. The van der Waals surface area contributed by atoms with E-state index in [9.17, 15) is 4.79 Å². The number of rotatable bonds is 2. The van der Waals surface area contributed by atoms with Crippen molar-refractivity contribution in [2.75, 3.05) is 11.1 Å². The molecule has 0 aliphatic rings. The van der Waals surface area contributed by atoms with Gasteiger partial charge in [-0.05, 0) is 24.3 Å². The van der Waals surface area contributed by atoms with Gasteiger partial charge in [0.15, 0.2) is 11.5 Å². The number of aromatic amines is 1. The molecule has 0 bridgehead atoms. The van der Waals surface area contributed by atoms with Gasteiger partial charge in [-0.15, -0.1) is 0 Å². The second-order valence-electron chi connectivity index (χ2n) is 4.02. The van der Waals surface area contributed by atoms with E-state index in [-0.39, 0.29) is 17.4 Å². The van der Waals surface area contributed by atoms with Gasteiger partial charge in [0.1, 0.15) is 0 Å². The largest absolute Gasteiger partial charge is 0.382 e. The Labute approximate surface area is 108 Å². The molecule has 4 N–H and O–H groups in total. The van der Waals surface area contributed by atoms with Crippen LogP contribution in [0.2, 0.25) is 0 Å². The maximum absolute atomic E-state index is 12.0. The third-order valence-corrected chi connectivity index (χ3v) is 2.75. The lowest BCUT2D eigenvalue weighted by molar-refractivity contribution is 0.102. The first-order chi connectivity index (χ1) is 9.24. The summed E-state index contributed by atoms with van der Waals surface area (Å²) < 4.78 is 0. The van der Waals surface area contributed by atoms with Gasteiger partial charge in [-0.3, -0.25) is 4.79 Å². The number of nitrogens with zero attached hydrogens (tertiary/aromatic N) is 2. The van der Waals surface area contributed by atoms with E-state index in [1.54, 1.807) is 0 Å². The molecule has 1 aromatic carbocycles. The number of anilines is 2. The number of benzene rings is 1. The smallest absolute Gasteiger partial charge is 0.278 e. The number of amides is 1. The summed E-state index contributed by atoms with van der Waals surface area (Å²) in [5, 5.41) is 3.76. The zero-order valence-electron chi connectivity index (χ0n) is 9.92. The van der Waals surface area contributed by atoms with Gasteiger partial charge in [-0.2, -0.15) is 0 Å². The average Bonchev–Trinajstić information content (AvgIpc) is 2.86. The second kappa shape index (κ2) is 4.41. The van der Waals surface area contributed by atoms with Gasteiger partial charge in [0.25, 0.3) is 5.91 Å². The van der Waals surface area contributed by atoms with Crippen molar-refractivity contribution in [3.63, 3.8) is 0 Å². The first-order valence-electron chi connectivity index (χ1n) is 5.69. The van der Waals surface area contributed by atoms with Gasteiger partial charge in [0.2, 0.25) is 0 Å². The Kier molecular flexibility index (Phi) is 2.60. The lowest BCUT2D eigenvalue weighted by atomic mass is 10.2. The van der Waals surface area contributed by atoms with Gasteiger partial charge >= 0.3 is 0 Å². The summed E-state index contributed by atoms with van der Waals surface area (Å²) in [4.78, 5) is 22.8. The minimum atomic E-state index is -0.375. The number of H-pyrrole nitrogens is 1. The molecule has 19 heavy (non-hydrogen) atoms. The molecular weight excluding hydrogens is 242 g/mol. The van der Waals surface area contributed by atoms with Crippen LogP contribution in [0.4, 0.5) is 11.5 Å². The second-order valence-corrected chi connectivity index (χ2v) is 4.02. The molecule has 0 aliphatic heterocycles. The van der Waals surface area contributed by atoms with E-state index in [1.807, 2.05) is 30.5 Å². The van der Waals surface area contributed by atoms with Crippen LogP contribution in [0.1, 0.15) is 10.5 Å². The summed E-state index contributed by atoms with van der Waals surface area (Å²) in [6.45, 7) is 0. The molecule has 2 heterocycles. The minimum absolute atomic E-state index is 0.114. The molecule has 0 radical (unpaired) electrons. The van der Waals surface area contributed by atoms with Gasteiger partial charge in [-0.25, -0.2) is 9.97 Å². The van der Waals surface area contributed by atoms with Crippen molar-refractivity contribution in [1.29, 1.82) is 0 Å². The first kappa shape index (κ1) is 11.2. The number of hydrogen-bond acceptors (Lipinski definition) is 4. The van der Waals surface area contributed by atoms with E-state index < -0.39 is 0 Å². The Balaban J connectivity index is 1.88. The highest BCUT2D eigenvalue weighted by Gasteiger charge is 2.12. The van der Waals surface area contributed by atoms with E-state index in [0.29, 0.717) is 5.69 Å². The van der Waals surface area contributed by atoms with E-state index >= 15 is 0 Å². The van der Waals surface area contributed by atoms with Crippen LogP contribution < -0.4 is 11.1 Å². The molecule has 2 aromatic heterocycles. The number of carbonyl (C=O) groups excluding carboxylic acids is 1. The molecule has 0 unspecified atom stereocenters. The molecule has 0 fully saturated rings. The molecule has 0 spiro atoms. The molecule has 3 rings (SSSR count). The van der Waals surface area contributed by atoms with E-state index in [1.165, 1.54) is 12.4 Å². The molecule has 1 amide bonds. The summed E-state index contributed by atoms with van der Waals surface area (Å²) >= 11 is 0. The van der Waals surface area contributed by atoms with Crippen molar-refractivity contribution in [1.82, 2.24) is 15.0 Å². The van der Waals surface area contributed by atoms with Gasteiger partial charge < -0.3 is 16.0 Å². The molecule has 0 aliphatic carbocycles. The van der Waals surface area contributed by atoms with Crippen LogP contribution in [-0.2, 0) is 0 Å². The maximum Gasteiger partial charge on any atom is 0.278 e. The normalized spacial score (nSPS) is 10.5. The Bertz CT molecular complexity index is 749. The predicted molar refractivity (Wildman–Crippen MR) is 72.7 cm³/mol. The molecule has 0 saturated heterocycles.